The molecule has 0 saturated heterocycles. The van der Waals surface area contributed by atoms with Crippen molar-refractivity contribution in [3.8, 4) is 11.8 Å². The van der Waals surface area contributed by atoms with E-state index in [2.05, 4.69) is 27.9 Å². The second-order valence-electron chi connectivity index (χ2n) is 3.63. The Kier molecular flexibility index (Phi) is 6.49. The van der Waals surface area contributed by atoms with E-state index in [0.717, 1.165) is 0 Å². The topological polar surface area (TPSA) is 72.8 Å². The van der Waals surface area contributed by atoms with E-state index >= 15 is 0 Å². The summed E-state index contributed by atoms with van der Waals surface area (Å²) in [7, 11) is 1.20. The van der Waals surface area contributed by atoms with Gasteiger partial charge in [-0.2, -0.15) is 0 Å². The molecule has 0 saturated carbocycles. The lowest BCUT2D eigenvalue weighted by atomic mass is 9.84. The SMILES string of the molecule is C=CCC(C)(CC#CCOC(=O)OC)C(=O)O. The molecule has 0 spiro atoms. The van der Waals surface area contributed by atoms with Gasteiger partial charge in [-0.1, -0.05) is 17.9 Å². The van der Waals surface area contributed by atoms with Crippen LogP contribution in [-0.4, -0.2) is 30.9 Å². The first-order valence-electron chi connectivity index (χ1n) is 4.97. The summed E-state index contributed by atoms with van der Waals surface area (Å²) >= 11 is 0. The second-order valence-corrected chi connectivity index (χ2v) is 3.63. The maximum atomic E-state index is 11.0. The molecular formula is C12H16O5. The molecule has 1 N–H and O–H groups in total. The van der Waals surface area contributed by atoms with Gasteiger partial charge >= 0.3 is 12.1 Å². The van der Waals surface area contributed by atoms with Crippen LogP contribution < -0.4 is 0 Å². The molecule has 94 valence electrons. The van der Waals surface area contributed by atoms with E-state index in [1.165, 1.54) is 7.11 Å². The van der Waals surface area contributed by atoms with Gasteiger partial charge in [0.2, 0.25) is 0 Å². The predicted octanol–water partition coefficient (Wildman–Crippen LogP) is 1.83. The van der Waals surface area contributed by atoms with Crippen LogP contribution in [0.4, 0.5) is 4.79 Å². The number of aliphatic carboxylic acids is 1. The highest BCUT2D eigenvalue weighted by Gasteiger charge is 2.30. The molecule has 0 aliphatic rings. The van der Waals surface area contributed by atoms with Crippen LogP contribution in [0.2, 0.25) is 0 Å². The summed E-state index contributed by atoms with van der Waals surface area (Å²) < 4.78 is 8.76. The molecule has 0 heterocycles. The molecule has 0 aliphatic carbocycles. The van der Waals surface area contributed by atoms with Gasteiger partial charge in [-0.25, -0.2) is 4.79 Å². The Hall–Kier alpha value is -1.96. The first kappa shape index (κ1) is 15.0. The van der Waals surface area contributed by atoms with Gasteiger partial charge in [0, 0.05) is 6.42 Å². The van der Waals surface area contributed by atoms with Crippen molar-refractivity contribution in [1.29, 1.82) is 0 Å². The number of rotatable bonds is 5. The number of carbonyl (C=O) groups excluding carboxylic acids is 1. The van der Waals surface area contributed by atoms with Crippen LogP contribution in [0.15, 0.2) is 12.7 Å². The molecule has 5 nitrogen and oxygen atoms in total. The first-order valence-corrected chi connectivity index (χ1v) is 4.97. The van der Waals surface area contributed by atoms with Crippen molar-refractivity contribution in [2.75, 3.05) is 13.7 Å². The standard InChI is InChI=1S/C12H16O5/c1-4-7-12(2,10(13)14)8-5-6-9-17-11(15)16-3/h4H,1,7-9H2,2-3H3,(H,13,14). The largest absolute Gasteiger partial charge is 0.508 e. The lowest BCUT2D eigenvalue weighted by Crippen LogP contribution is -2.26. The third kappa shape index (κ3) is 5.61. The molecule has 0 aromatic rings. The van der Waals surface area contributed by atoms with Gasteiger partial charge in [-0.05, 0) is 13.3 Å². The lowest BCUT2D eigenvalue weighted by molar-refractivity contribution is -0.147. The highest BCUT2D eigenvalue weighted by Crippen LogP contribution is 2.25. The van der Waals surface area contributed by atoms with E-state index < -0.39 is 17.5 Å². The van der Waals surface area contributed by atoms with E-state index in [1.54, 1.807) is 13.0 Å². The molecule has 0 aromatic carbocycles. The number of hydrogen-bond acceptors (Lipinski definition) is 4. The molecular weight excluding hydrogens is 224 g/mol. The fraction of sp³-hybridized carbons (Fsp3) is 0.500. The van der Waals surface area contributed by atoms with Crippen molar-refractivity contribution in [2.24, 2.45) is 5.41 Å². The van der Waals surface area contributed by atoms with Crippen LogP contribution in [0.25, 0.3) is 0 Å². The minimum atomic E-state index is -0.958. The highest BCUT2D eigenvalue weighted by molar-refractivity contribution is 5.74. The summed E-state index contributed by atoms with van der Waals surface area (Å²) in [5.41, 5.74) is -0.958. The summed E-state index contributed by atoms with van der Waals surface area (Å²) in [6, 6.07) is 0. The zero-order valence-electron chi connectivity index (χ0n) is 9.99. The van der Waals surface area contributed by atoms with Crippen LogP contribution in [-0.2, 0) is 14.3 Å². The van der Waals surface area contributed by atoms with Gasteiger partial charge in [0.1, 0.15) is 0 Å². The average molecular weight is 240 g/mol. The first-order chi connectivity index (χ1) is 7.96. The summed E-state index contributed by atoms with van der Waals surface area (Å²) in [6.45, 7) is 4.98. The Bertz CT molecular complexity index is 350. The zero-order valence-corrected chi connectivity index (χ0v) is 9.99. The van der Waals surface area contributed by atoms with Crippen molar-refractivity contribution >= 4 is 12.1 Å². The highest BCUT2D eigenvalue weighted by atomic mass is 16.7. The van der Waals surface area contributed by atoms with Gasteiger partial charge in [-0.3, -0.25) is 4.79 Å². The van der Waals surface area contributed by atoms with Crippen molar-refractivity contribution in [2.45, 2.75) is 19.8 Å². The second kappa shape index (κ2) is 7.34. The Morgan fingerprint density at radius 3 is 2.59 bits per heavy atom. The van der Waals surface area contributed by atoms with E-state index in [0.29, 0.717) is 6.42 Å². The normalized spacial score (nSPS) is 12.6. The molecule has 0 fully saturated rings. The zero-order chi connectivity index (χ0) is 13.3. The predicted molar refractivity (Wildman–Crippen MR) is 61.3 cm³/mol. The molecule has 17 heavy (non-hydrogen) atoms. The lowest BCUT2D eigenvalue weighted by Gasteiger charge is -2.19. The Balaban J connectivity index is 4.23. The molecule has 0 bridgehead atoms. The van der Waals surface area contributed by atoms with Crippen LogP contribution >= 0.6 is 0 Å². The van der Waals surface area contributed by atoms with Gasteiger partial charge in [0.05, 0.1) is 12.5 Å². The molecule has 1 atom stereocenters. The Morgan fingerprint density at radius 1 is 1.47 bits per heavy atom. The molecule has 0 aromatic heterocycles. The van der Waals surface area contributed by atoms with Gasteiger partial charge in [0.15, 0.2) is 6.61 Å². The van der Waals surface area contributed by atoms with E-state index in [1.807, 2.05) is 0 Å². The van der Waals surface area contributed by atoms with Gasteiger partial charge < -0.3 is 14.6 Å². The number of methoxy groups -OCH3 is 1. The number of allylic oxidation sites excluding steroid dienone is 1. The third-order valence-electron chi connectivity index (χ3n) is 2.14. The van der Waals surface area contributed by atoms with E-state index in [9.17, 15) is 9.59 Å². The molecule has 0 aliphatic heterocycles. The van der Waals surface area contributed by atoms with E-state index in [4.69, 9.17) is 5.11 Å². The fourth-order valence-electron chi connectivity index (χ4n) is 1.02. The maximum Gasteiger partial charge on any atom is 0.508 e. The van der Waals surface area contributed by atoms with Crippen LogP contribution in [0.1, 0.15) is 19.8 Å². The summed E-state index contributed by atoms with van der Waals surface area (Å²) in [5.74, 6) is 4.28. The van der Waals surface area contributed by atoms with Crippen molar-refractivity contribution in [1.82, 2.24) is 0 Å². The minimum absolute atomic E-state index is 0.115. The van der Waals surface area contributed by atoms with E-state index in [-0.39, 0.29) is 13.0 Å². The Morgan fingerprint density at radius 2 is 2.12 bits per heavy atom. The monoisotopic (exact) mass is 240 g/mol. The van der Waals surface area contributed by atoms with Gasteiger partial charge in [-0.15, -0.1) is 6.58 Å². The summed E-state index contributed by atoms with van der Waals surface area (Å²) in [5, 5.41) is 9.03. The van der Waals surface area contributed by atoms with Crippen molar-refractivity contribution in [3.05, 3.63) is 12.7 Å². The Labute approximate surface area is 100 Å². The maximum absolute atomic E-state index is 11.0. The smallest absolute Gasteiger partial charge is 0.481 e. The van der Waals surface area contributed by atoms with Crippen LogP contribution in [0.3, 0.4) is 0 Å². The fourth-order valence-corrected chi connectivity index (χ4v) is 1.02. The number of carboxylic acid groups (broad SMARTS) is 1. The summed E-state index contributed by atoms with van der Waals surface area (Å²) in [6.07, 6.45) is 1.22. The number of ether oxygens (including phenoxy) is 2. The average Bonchev–Trinajstić information content (AvgIpc) is 2.28. The number of hydrogen-bond donors (Lipinski definition) is 1. The van der Waals surface area contributed by atoms with Crippen LogP contribution in [0, 0.1) is 17.3 Å². The number of carbonyl (C=O) groups is 2. The molecule has 0 amide bonds. The number of carboxylic acids is 1. The third-order valence-corrected chi connectivity index (χ3v) is 2.14. The molecule has 5 heteroatoms. The van der Waals surface area contributed by atoms with Crippen molar-refractivity contribution in [3.63, 3.8) is 0 Å². The van der Waals surface area contributed by atoms with Crippen molar-refractivity contribution < 1.29 is 24.2 Å². The summed E-state index contributed by atoms with van der Waals surface area (Å²) in [4.78, 5) is 21.6. The minimum Gasteiger partial charge on any atom is -0.481 e. The molecule has 0 radical (unpaired) electrons. The molecule has 0 rings (SSSR count). The van der Waals surface area contributed by atoms with Gasteiger partial charge in [0.25, 0.3) is 0 Å². The molecule has 1 unspecified atom stereocenters. The van der Waals surface area contributed by atoms with Crippen LogP contribution in [0.5, 0.6) is 0 Å². The quantitative estimate of drug-likeness (QED) is 0.451.